The van der Waals surface area contributed by atoms with Crippen LogP contribution in [0.1, 0.15) is 11.4 Å². The van der Waals surface area contributed by atoms with Gasteiger partial charge in [0.1, 0.15) is 11.8 Å². The van der Waals surface area contributed by atoms with Crippen LogP contribution < -0.4 is 5.46 Å². The van der Waals surface area contributed by atoms with E-state index in [4.69, 9.17) is 20.4 Å². The number of carbonyl (C=O) groups is 1. The molecule has 76 valence electrons. The zero-order chi connectivity index (χ0) is 11.4. The summed E-state index contributed by atoms with van der Waals surface area (Å²) in [6.45, 7) is 0. The zero-order valence-corrected chi connectivity index (χ0v) is 7.58. The SMILES string of the molecule is N#Cc1nc(CC(=O)O)ccc1B(O)O. The minimum atomic E-state index is -1.79. The highest BCUT2D eigenvalue weighted by Crippen LogP contribution is 1.98. The molecular weight excluding hydrogens is 199 g/mol. The van der Waals surface area contributed by atoms with Gasteiger partial charge < -0.3 is 15.2 Å². The van der Waals surface area contributed by atoms with Crippen LogP contribution in [0.3, 0.4) is 0 Å². The fourth-order valence-electron chi connectivity index (χ4n) is 1.06. The summed E-state index contributed by atoms with van der Waals surface area (Å²) in [7, 11) is -1.79. The predicted molar refractivity (Wildman–Crippen MR) is 50.1 cm³/mol. The van der Waals surface area contributed by atoms with E-state index < -0.39 is 13.1 Å². The van der Waals surface area contributed by atoms with Crippen molar-refractivity contribution in [3.63, 3.8) is 0 Å². The Kier molecular flexibility index (Phi) is 3.39. The number of nitriles is 1. The fourth-order valence-corrected chi connectivity index (χ4v) is 1.06. The van der Waals surface area contributed by atoms with Crippen molar-refractivity contribution in [3.8, 4) is 6.07 Å². The summed E-state index contributed by atoms with van der Waals surface area (Å²) >= 11 is 0. The Morgan fingerprint density at radius 2 is 2.20 bits per heavy atom. The number of aliphatic carboxylic acids is 1. The average Bonchev–Trinajstić information content (AvgIpc) is 2.16. The quantitative estimate of drug-likeness (QED) is 0.505. The molecule has 0 saturated carbocycles. The van der Waals surface area contributed by atoms with Crippen LogP contribution in [0.15, 0.2) is 12.1 Å². The number of carboxylic acids is 1. The lowest BCUT2D eigenvalue weighted by molar-refractivity contribution is -0.136. The van der Waals surface area contributed by atoms with Crippen LogP contribution in [0.4, 0.5) is 0 Å². The molecule has 6 nitrogen and oxygen atoms in total. The fraction of sp³-hybridized carbons (Fsp3) is 0.125. The van der Waals surface area contributed by atoms with Gasteiger partial charge in [-0.2, -0.15) is 5.26 Å². The highest BCUT2D eigenvalue weighted by molar-refractivity contribution is 6.59. The lowest BCUT2D eigenvalue weighted by atomic mass is 9.79. The Morgan fingerprint density at radius 3 is 2.67 bits per heavy atom. The maximum absolute atomic E-state index is 10.4. The monoisotopic (exact) mass is 206 g/mol. The summed E-state index contributed by atoms with van der Waals surface area (Å²) in [6.07, 6.45) is -0.309. The molecule has 0 aliphatic carbocycles. The maximum atomic E-state index is 10.4. The van der Waals surface area contributed by atoms with Crippen molar-refractivity contribution < 1.29 is 19.9 Å². The van der Waals surface area contributed by atoms with Crippen molar-refractivity contribution in [2.24, 2.45) is 0 Å². The molecule has 1 aromatic rings. The molecule has 1 heterocycles. The molecule has 0 unspecified atom stereocenters. The van der Waals surface area contributed by atoms with Crippen LogP contribution in [0, 0.1) is 11.3 Å². The molecule has 0 amide bonds. The number of pyridine rings is 1. The van der Waals surface area contributed by atoms with Crippen LogP contribution in [0.5, 0.6) is 0 Å². The Bertz CT molecular complexity index is 427. The van der Waals surface area contributed by atoms with Gasteiger partial charge >= 0.3 is 13.1 Å². The molecule has 0 aromatic carbocycles. The normalized spacial score (nSPS) is 9.40. The first-order valence-electron chi connectivity index (χ1n) is 4.02. The van der Waals surface area contributed by atoms with Gasteiger partial charge in [-0.25, -0.2) is 4.98 Å². The predicted octanol–water partition coefficient (Wildman–Crippen LogP) is -1.74. The summed E-state index contributed by atoms with van der Waals surface area (Å²) in [5, 5.41) is 34.8. The third kappa shape index (κ3) is 2.77. The third-order valence-corrected chi connectivity index (χ3v) is 1.70. The summed E-state index contributed by atoms with van der Waals surface area (Å²) in [5.74, 6) is -1.07. The molecule has 1 rings (SSSR count). The highest BCUT2D eigenvalue weighted by atomic mass is 16.4. The molecular formula is C8H7BN2O4. The molecule has 3 N–H and O–H groups in total. The van der Waals surface area contributed by atoms with Gasteiger partial charge in [-0.15, -0.1) is 0 Å². The number of rotatable bonds is 3. The highest BCUT2D eigenvalue weighted by Gasteiger charge is 2.17. The van der Waals surface area contributed by atoms with Gasteiger partial charge in [0.05, 0.1) is 12.1 Å². The van der Waals surface area contributed by atoms with Crippen LogP contribution in [-0.2, 0) is 11.2 Å². The van der Waals surface area contributed by atoms with Crippen molar-refractivity contribution in [1.29, 1.82) is 5.26 Å². The Hall–Kier alpha value is -1.91. The zero-order valence-electron chi connectivity index (χ0n) is 7.58. The number of aromatic nitrogens is 1. The minimum absolute atomic E-state index is 0.0355. The van der Waals surface area contributed by atoms with Crippen LogP contribution in [0.2, 0.25) is 0 Å². The molecule has 0 bridgehead atoms. The first-order valence-corrected chi connectivity index (χ1v) is 4.02. The van der Waals surface area contributed by atoms with E-state index in [0.717, 1.165) is 0 Å². The second-order valence-electron chi connectivity index (χ2n) is 2.80. The standard InChI is InChI=1S/C8H7BN2O4/c10-4-7-6(9(14)15)2-1-5(11-7)3-8(12)13/h1-2,14-15H,3H2,(H,12,13). The number of hydrogen-bond acceptors (Lipinski definition) is 5. The molecule has 1 aromatic heterocycles. The summed E-state index contributed by atoms with van der Waals surface area (Å²) in [4.78, 5) is 14.1. The minimum Gasteiger partial charge on any atom is -0.481 e. The Morgan fingerprint density at radius 1 is 1.53 bits per heavy atom. The van der Waals surface area contributed by atoms with E-state index >= 15 is 0 Å². The molecule has 15 heavy (non-hydrogen) atoms. The van der Waals surface area contributed by atoms with Crippen molar-refractivity contribution in [1.82, 2.24) is 4.98 Å². The topological polar surface area (TPSA) is 114 Å². The average molecular weight is 206 g/mol. The van der Waals surface area contributed by atoms with Gasteiger partial charge in [-0.1, -0.05) is 6.07 Å². The van der Waals surface area contributed by atoms with Gasteiger partial charge in [0, 0.05) is 5.46 Å². The van der Waals surface area contributed by atoms with E-state index in [9.17, 15) is 4.79 Å². The smallest absolute Gasteiger partial charge is 0.481 e. The first-order chi connectivity index (χ1) is 7.04. The van der Waals surface area contributed by atoms with E-state index in [-0.39, 0.29) is 23.3 Å². The third-order valence-electron chi connectivity index (χ3n) is 1.70. The van der Waals surface area contributed by atoms with Crippen molar-refractivity contribution >= 4 is 18.6 Å². The Balaban J connectivity index is 3.09. The lowest BCUT2D eigenvalue weighted by Crippen LogP contribution is -2.33. The lowest BCUT2D eigenvalue weighted by Gasteiger charge is -2.03. The van der Waals surface area contributed by atoms with Crippen molar-refractivity contribution in [3.05, 3.63) is 23.5 Å². The second kappa shape index (κ2) is 4.55. The van der Waals surface area contributed by atoms with Gasteiger partial charge in [-0.05, 0) is 6.07 Å². The van der Waals surface area contributed by atoms with Crippen molar-refractivity contribution in [2.75, 3.05) is 0 Å². The van der Waals surface area contributed by atoms with Crippen LogP contribution in [0.25, 0.3) is 0 Å². The Labute approximate surface area is 85.6 Å². The molecule has 7 heteroatoms. The molecule has 0 atom stereocenters. The molecule has 0 spiro atoms. The van der Waals surface area contributed by atoms with Crippen LogP contribution in [-0.4, -0.2) is 33.2 Å². The van der Waals surface area contributed by atoms with Crippen molar-refractivity contribution in [2.45, 2.75) is 6.42 Å². The largest absolute Gasteiger partial charge is 0.491 e. The van der Waals surface area contributed by atoms with Crippen LogP contribution >= 0.6 is 0 Å². The number of nitrogens with zero attached hydrogens (tertiary/aromatic N) is 2. The van der Waals surface area contributed by atoms with Gasteiger partial charge in [0.2, 0.25) is 0 Å². The summed E-state index contributed by atoms with van der Waals surface area (Å²) < 4.78 is 0. The number of carboxylic acid groups (broad SMARTS) is 1. The van der Waals surface area contributed by atoms with E-state index in [1.807, 2.05) is 0 Å². The molecule has 0 aliphatic rings. The summed E-state index contributed by atoms with van der Waals surface area (Å²) in [6, 6.07) is 4.28. The first kappa shape index (κ1) is 11.2. The van der Waals surface area contributed by atoms with Gasteiger partial charge in [0.25, 0.3) is 0 Å². The summed E-state index contributed by atoms with van der Waals surface area (Å²) in [5.41, 5.74) is -0.0150. The molecule has 0 aliphatic heterocycles. The second-order valence-corrected chi connectivity index (χ2v) is 2.80. The van der Waals surface area contributed by atoms with E-state index in [1.54, 1.807) is 6.07 Å². The van der Waals surface area contributed by atoms with Gasteiger partial charge in [0.15, 0.2) is 0 Å². The molecule has 0 saturated heterocycles. The molecule has 0 fully saturated rings. The number of hydrogen-bond donors (Lipinski definition) is 3. The van der Waals surface area contributed by atoms with E-state index in [0.29, 0.717) is 0 Å². The molecule has 0 radical (unpaired) electrons. The van der Waals surface area contributed by atoms with Gasteiger partial charge in [-0.3, -0.25) is 4.79 Å². The van der Waals surface area contributed by atoms with E-state index in [1.165, 1.54) is 12.1 Å². The van der Waals surface area contributed by atoms with E-state index in [2.05, 4.69) is 4.98 Å². The maximum Gasteiger partial charge on any atom is 0.491 e.